The Hall–Kier alpha value is -2.48. The summed E-state index contributed by atoms with van der Waals surface area (Å²) in [7, 11) is 1.55. The van der Waals surface area contributed by atoms with Gasteiger partial charge in [0, 0.05) is 22.9 Å². The van der Waals surface area contributed by atoms with Gasteiger partial charge >= 0.3 is 5.63 Å². The second-order valence-electron chi connectivity index (χ2n) is 6.48. The van der Waals surface area contributed by atoms with Crippen LogP contribution in [0, 0.1) is 13.8 Å². The van der Waals surface area contributed by atoms with E-state index in [-0.39, 0.29) is 19.3 Å². The number of carboxylic acid groups (broad SMARTS) is 1. The number of hydrogen-bond donors (Lipinski definition) is 1. The number of methoxy groups -OCH3 is 1. The molecular formula is C20H24NO6S-. The summed E-state index contributed by atoms with van der Waals surface area (Å²) in [6.07, 6.45) is 2.28. The third-order valence-electron chi connectivity index (χ3n) is 4.71. The number of nitrogens with one attached hydrogen (secondary N) is 1. The van der Waals surface area contributed by atoms with Crippen molar-refractivity contribution in [3.05, 3.63) is 39.2 Å². The number of carboxylic acids is 1. The molecule has 1 amide bonds. The van der Waals surface area contributed by atoms with Crippen LogP contribution >= 0.6 is 11.8 Å². The van der Waals surface area contributed by atoms with Gasteiger partial charge in [-0.25, -0.2) is 4.79 Å². The molecule has 1 N–H and O–H groups in total. The zero-order chi connectivity index (χ0) is 20.8. The first kappa shape index (κ1) is 21.8. The number of ether oxygens (including phenoxy) is 1. The molecular weight excluding hydrogens is 382 g/mol. The smallest absolute Gasteiger partial charge is 0.339 e. The van der Waals surface area contributed by atoms with Crippen molar-refractivity contribution in [2.75, 3.05) is 19.1 Å². The van der Waals surface area contributed by atoms with Gasteiger partial charge in [-0.2, -0.15) is 11.8 Å². The minimum absolute atomic E-state index is 0.0186. The van der Waals surface area contributed by atoms with E-state index in [1.165, 1.54) is 11.8 Å². The first-order valence-corrected chi connectivity index (χ1v) is 10.3. The molecule has 8 heteroatoms. The van der Waals surface area contributed by atoms with Crippen LogP contribution in [0.5, 0.6) is 5.75 Å². The molecule has 0 aliphatic carbocycles. The number of hydrogen-bond acceptors (Lipinski definition) is 7. The fraction of sp³-hybridized carbons (Fsp3) is 0.450. The number of carbonyl (C=O) groups is 2. The van der Waals surface area contributed by atoms with E-state index < -0.39 is 23.5 Å². The molecule has 2 rings (SSSR count). The molecule has 0 unspecified atom stereocenters. The fourth-order valence-corrected chi connectivity index (χ4v) is 3.54. The van der Waals surface area contributed by atoms with Gasteiger partial charge in [-0.1, -0.05) is 0 Å². The topological polar surface area (TPSA) is 109 Å². The van der Waals surface area contributed by atoms with E-state index in [0.29, 0.717) is 22.6 Å². The van der Waals surface area contributed by atoms with E-state index >= 15 is 0 Å². The van der Waals surface area contributed by atoms with Gasteiger partial charge in [0.2, 0.25) is 5.91 Å². The minimum atomic E-state index is -1.31. The van der Waals surface area contributed by atoms with E-state index in [2.05, 4.69) is 5.32 Å². The molecule has 1 heterocycles. The number of amides is 1. The Morgan fingerprint density at radius 1 is 1.29 bits per heavy atom. The molecule has 0 bridgehead atoms. The van der Waals surface area contributed by atoms with E-state index in [9.17, 15) is 19.5 Å². The quantitative estimate of drug-likeness (QED) is 0.626. The van der Waals surface area contributed by atoms with Crippen molar-refractivity contribution < 1.29 is 23.8 Å². The van der Waals surface area contributed by atoms with Gasteiger partial charge in [0.05, 0.1) is 19.1 Å². The first-order valence-electron chi connectivity index (χ1n) is 8.89. The van der Waals surface area contributed by atoms with E-state index in [0.717, 1.165) is 16.5 Å². The summed E-state index contributed by atoms with van der Waals surface area (Å²) in [6.45, 7) is 3.62. The van der Waals surface area contributed by atoms with Crippen molar-refractivity contribution in [1.29, 1.82) is 0 Å². The molecule has 1 atom stereocenters. The second-order valence-corrected chi connectivity index (χ2v) is 7.47. The van der Waals surface area contributed by atoms with Crippen molar-refractivity contribution in [2.24, 2.45) is 0 Å². The normalized spacial score (nSPS) is 12.0. The van der Waals surface area contributed by atoms with Gasteiger partial charge in [-0.15, -0.1) is 0 Å². The number of aryl methyl sites for hydroxylation is 2. The molecule has 1 aromatic carbocycles. The number of rotatable bonds is 9. The number of fused-ring (bicyclic) bond motifs is 1. The maximum Gasteiger partial charge on any atom is 0.339 e. The van der Waals surface area contributed by atoms with Crippen LogP contribution in [-0.2, 0) is 16.0 Å². The maximum absolute atomic E-state index is 12.4. The molecule has 0 spiro atoms. The first-order chi connectivity index (χ1) is 13.3. The third kappa shape index (κ3) is 4.86. The minimum Gasteiger partial charge on any atom is -0.548 e. The summed E-state index contributed by atoms with van der Waals surface area (Å²) in [6, 6.07) is 2.58. The standard InChI is InChI=1S/C20H25NO6S/c1-11-13-5-7-16(26-3)12(2)18(13)27-20(25)14(11)6-8-17(22)21-15(19(23)24)9-10-28-4/h5,7,15H,6,8-10H2,1-4H3,(H,21,22)(H,23,24)/p-1/t15-/m0/s1. The molecule has 28 heavy (non-hydrogen) atoms. The van der Waals surface area contributed by atoms with E-state index in [4.69, 9.17) is 9.15 Å². The summed E-state index contributed by atoms with van der Waals surface area (Å²) in [5.41, 5.74) is 1.83. The van der Waals surface area contributed by atoms with Gasteiger partial charge in [0.15, 0.2) is 0 Å². The molecule has 0 saturated heterocycles. The summed E-state index contributed by atoms with van der Waals surface area (Å²) in [5, 5.41) is 14.4. The number of thioether (sulfide) groups is 1. The zero-order valence-electron chi connectivity index (χ0n) is 16.4. The van der Waals surface area contributed by atoms with Crippen LogP contribution in [0.3, 0.4) is 0 Å². The summed E-state index contributed by atoms with van der Waals surface area (Å²) in [4.78, 5) is 35.7. The van der Waals surface area contributed by atoms with Crippen LogP contribution < -0.4 is 20.8 Å². The lowest BCUT2D eigenvalue weighted by Crippen LogP contribution is -2.48. The van der Waals surface area contributed by atoms with Crippen LogP contribution in [0.4, 0.5) is 0 Å². The van der Waals surface area contributed by atoms with Crippen molar-refractivity contribution >= 4 is 34.6 Å². The highest BCUT2D eigenvalue weighted by atomic mass is 32.2. The maximum atomic E-state index is 12.4. The van der Waals surface area contributed by atoms with Crippen LogP contribution in [0.2, 0.25) is 0 Å². The fourth-order valence-electron chi connectivity index (χ4n) is 3.07. The number of benzene rings is 1. The molecule has 0 aliphatic rings. The summed E-state index contributed by atoms with van der Waals surface area (Å²) < 4.78 is 10.7. The average Bonchev–Trinajstić information content (AvgIpc) is 2.65. The highest BCUT2D eigenvalue weighted by Gasteiger charge is 2.17. The van der Waals surface area contributed by atoms with Crippen molar-refractivity contribution in [3.8, 4) is 5.75 Å². The monoisotopic (exact) mass is 406 g/mol. The summed E-state index contributed by atoms with van der Waals surface area (Å²) in [5.74, 6) is -0.538. The van der Waals surface area contributed by atoms with E-state index in [1.54, 1.807) is 20.1 Å². The highest BCUT2D eigenvalue weighted by molar-refractivity contribution is 7.98. The predicted octanol–water partition coefficient (Wildman–Crippen LogP) is 1.34. The van der Waals surface area contributed by atoms with Gasteiger partial charge in [0.1, 0.15) is 11.3 Å². The Kier molecular flexibility index (Phi) is 7.51. The molecule has 7 nitrogen and oxygen atoms in total. The Bertz CT molecular complexity index is 936. The van der Waals surface area contributed by atoms with Gasteiger partial charge in [-0.3, -0.25) is 4.79 Å². The lowest BCUT2D eigenvalue weighted by Gasteiger charge is -2.19. The molecule has 152 valence electrons. The summed E-state index contributed by atoms with van der Waals surface area (Å²) >= 11 is 1.49. The molecule has 0 radical (unpaired) electrons. The molecule has 0 saturated carbocycles. The number of carbonyl (C=O) groups excluding carboxylic acids is 2. The van der Waals surface area contributed by atoms with Crippen LogP contribution in [0.25, 0.3) is 11.0 Å². The van der Waals surface area contributed by atoms with Gasteiger partial charge in [0.25, 0.3) is 0 Å². The number of aliphatic carboxylic acids is 1. The Balaban J connectivity index is 2.19. The Labute approximate surface area is 167 Å². The van der Waals surface area contributed by atoms with Crippen LogP contribution in [-0.4, -0.2) is 37.0 Å². The van der Waals surface area contributed by atoms with Crippen molar-refractivity contribution in [1.82, 2.24) is 5.32 Å². The Morgan fingerprint density at radius 2 is 2.00 bits per heavy atom. The molecule has 2 aromatic rings. The van der Waals surface area contributed by atoms with Crippen LogP contribution in [0.15, 0.2) is 21.3 Å². The third-order valence-corrected chi connectivity index (χ3v) is 5.35. The van der Waals surface area contributed by atoms with Gasteiger partial charge in [-0.05, 0) is 56.4 Å². The lowest BCUT2D eigenvalue weighted by molar-refractivity contribution is -0.308. The average molecular weight is 406 g/mol. The lowest BCUT2D eigenvalue weighted by atomic mass is 10.00. The second kappa shape index (κ2) is 9.64. The highest BCUT2D eigenvalue weighted by Crippen LogP contribution is 2.29. The van der Waals surface area contributed by atoms with E-state index in [1.807, 2.05) is 19.2 Å². The SMILES string of the molecule is COc1ccc2c(C)c(CCC(=O)N[C@@H](CCSC)C(=O)[O-])c(=O)oc2c1C. The zero-order valence-corrected chi connectivity index (χ0v) is 17.2. The molecule has 0 fully saturated rings. The largest absolute Gasteiger partial charge is 0.548 e. The molecule has 0 aliphatic heterocycles. The van der Waals surface area contributed by atoms with Crippen molar-refractivity contribution in [3.63, 3.8) is 0 Å². The van der Waals surface area contributed by atoms with Gasteiger partial charge < -0.3 is 24.4 Å². The van der Waals surface area contributed by atoms with Crippen molar-refractivity contribution in [2.45, 2.75) is 39.2 Å². The van der Waals surface area contributed by atoms with Crippen LogP contribution in [0.1, 0.15) is 29.5 Å². The molecule has 1 aromatic heterocycles. The Morgan fingerprint density at radius 3 is 2.61 bits per heavy atom. The predicted molar refractivity (Wildman–Crippen MR) is 107 cm³/mol.